The van der Waals surface area contributed by atoms with Crippen LogP contribution in [0.5, 0.6) is 11.8 Å². The lowest BCUT2D eigenvalue weighted by molar-refractivity contribution is 0.105. The summed E-state index contributed by atoms with van der Waals surface area (Å²) in [5.74, 6) is 0.550. The molecule has 0 unspecified atom stereocenters. The van der Waals surface area contributed by atoms with Crippen molar-refractivity contribution in [2.75, 3.05) is 37.9 Å². The van der Waals surface area contributed by atoms with E-state index >= 15 is 0 Å². The van der Waals surface area contributed by atoms with Gasteiger partial charge in [-0.3, -0.25) is 0 Å². The minimum Gasteiger partial charge on any atom is -0.494 e. The molecule has 174 valence electrons. The molecular formula is C23H33FN6O2. The van der Waals surface area contributed by atoms with E-state index in [0.29, 0.717) is 29.6 Å². The molecule has 1 saturated carbocycles. The van der Waals surface area contributed by atoms with E-state index in [1.807, 2.05) is 0 Å². The largest absolute Gasteiger partial charge is 0.494 e. The number of nitrogens with one attached hydrogen (secondary N) is 2. The summed E-state index contributed by atoms with van der Waals surface area (Å²) in [4.78, 5) is 15.9. The molecule has 1 aliphatic carbocycles. The van der Waals surface area contributed by atoms with Gasteiger partial charge in [0.1, 0.15) is 6.10 Å². The second-order valence-corrected chi connectivity index (χ2v) is 8.69. The van der Waals surface area contributed by atoms with Gasteiger partial charge in [0.15, 0.2) is 11.6 Å². The molecule has 1 saturated heterocycles. The van der Waals surface area contributed by atoms with Crippen LogP contribution in [0.4, 0.5) is 22.0 Å². The van der Waals surface area contributed by atoms with E-state index in [1.54, 1.807) is 12.1 Å². The Hall–Kier alpha value is -2.68. The van der Waals surface area contributed by atoms with E-state index in [1.165, 1.54) is 38.9 Å². The summed E-state index contributed by atoms with van der Waals surface area (Å²) in [7, 11) is 3.56. The monoisotopic (exact) mass is 444 g/mol. The number of halogens is 1. The van der Waals surface area contributed by atoms with Crippen molar-refractivity contribution >= 4 is 17.6 Å². The molecule has 4 rings (SSSR count). The van der Waals surface area contributed by atoms with Crippen LogP contribution >= 0.6 is 0 Å². The van der Waals surface area contributed by atoms with Crippen LogP contribution in [0.1, 0.15) is 51.4 Å². The Bertz CT molecular complexity index is 883. The first-order valence-electron chi connectivity index (χ1n) is 11.6. The topological polar surface area (TPSA) is 84.4 Å². The number of benzene rings is 1. The van der Waals surface area contributed by atoms with Gasteiger partial charge in [0.2, 0.25) is 11.9 Å². The van der Waals surface area contributed by atoms with Crippen LogP contribution in [-0.4, -0.2) is 59.2 Å². The molecule has 2 aromatic rings. The maximum atomic E-state index is 14.1. The third kappa shape index (κ3) is 6.18. The number of rotatable bonds is 7. The highest BCUT2D eigenvalue weighted by atomic mass is 19.1. The lowest BCUT2D eigenvalue weighted by Crippen LogP contribution is -2.36. The van der Waals surface area contributed by atoms with E-state index in [-0.39, 0.29) is 11.9 Å². The van der Waals surface area contributed by atoms with Crippen LogP contribution in [0.15, 0.2) is 18.2 Å². The Morgan fingerprint density at radius 3 is 2.38 bits per heavy atom. The number of piperidine rings is 1. The zero-order chi connectivity index (χ0) is 22.3. The van der Waals surface area contributed by atoms with Crippen LogP contribution < -0.4 is 20.1 Å². The standard InChI is InChI=1S/C23H33FN6O2/c1-30-13-11-18(12-14-30)32-23-28-21(25-16-7-5-3-4-6-8-16)27-22(29-23)26-17-9-10-20(31-2)19(24)15-17/h9-10,15-16,18H,3-8,11-14H2,1-2H3,(H2,25,26,27,28,29). The van der Waals surface area contributed by atoms with Crippen molar-refractivity contribution in [1.29, 1.82) is 0 Å². The number of likely N-dealkylation sites (tertiary alicyclic amines) is 1. The Balaban J connectivity index is 1.53. The average molecular weight is 445 g/mol. The van der Waals surface area contributed by atoms with Crippen LogP contribution in [-0.2, 0) is 0 Å². The minimum atomic E-state index is -0.453. The summed E-state index contributed by atoms with van der Waals surface area (Å²) in [6, 6.07) is 5.28. The number of hydrogen-bond acceptors (Lipinski definition) is 8. The number of anilines is 3. The predicted molar refractivity (Wildman–Crippen MR) is 122 cm³/mol. The predicted octanol–water partition coefficient (Wildman–Crippen LogP) is 4.37. The van der Waals surface area contributed by atoms with Gasteiger partial charge in [-0.25, -0.2) is 4.39 Å². The zero-order valence-corrected chi connectivity index (χ0v) is 18.9. The maximum Gasteiger partial charge on any atom is 0.323 e. The van der Waals surface area contributed by atoms with E-state index < -0.39 is 5.82 Å². The molecule has 2 N–H and O–H groups in total. The molecule has 0 radical (unpaired) electrons. The summed E-state index contributed by atoms with van der Waals surface area (Å²) in [5, 5.41) is 6.56. The van der Waals surface area contributed by atoms with Gasteiger partial charge >= 0.3 is 6.01 Å². The molecule has 0 bridgehead atoms. The first kappa shape index (κ1) is 22.5. The molecule has 1 aromatic heterocycles. The number of methoxy groups -OCH3 is 1. The summed E-state index contributed by atoms with van der Waals surface area (Å²) < 4.78 is 25.3. The van der Waals surface area contributed by atoms with Gasteiger partial charge in [-0.1, -0.05) is 25.7 Å². The highest BCUT2D eigenvalue weighted by Crippen LogP contribution is 2.25. The fraction of sp³-hybridized carbons (Fsp3) is 0.609. The molecule has 2 heterocycles. The molecule has 0 spiro atoms. The van der Waals surface area contributed by atoms with Gasteiger partial charge in [-0.15, -0.1) is 0 Å². The second-order valence-electron chi connectivity index (χ2n) is 8.69. The quantitative estimate of drug-likeness (QED) is 0.609. The normalized spacial score (nSPS) is 18.7. The highest BCUT2D eigenvalue weighted by molar-refractivity contribution is 5.56. The second kappa shape index (κ2) is 10.8. The van der Waals surface area contributed by atoms with E-state index in [2.05, 4.69) is 37.5 Å². The summed E-state index contributed by atoms with van der Waals surface area (Å²) in [5.41, 5.74) is 0.528. The number of aromatic nitrogens is 3. The molecule has 9 heteroatoms. The molecular weight excluding hydrogens is 411 g/mol. The van der Waals surface area contributed by atoms with Gasteiger partial charge in [0, 0.05) is 30.9 Å². The van der Waals surface area contributed by atoms with E-state index in [0.717, 1.165) is 38.8 Å². The van der Waals surface area contributed by atoms with Crippen molar-refractivity contribution in [3.05, 3.63) is 24.0 Å². The van der Waals surface area contributed by atoms with Gasteiger partial charge in [0.05, 0.1) is 7.11 Å². The fourth-order valence-corrected chi connectivity index (χ4v) is 4.26. The molecule has 0 amide bonds. The highest BCUT2D eigenvalue weighted by Gasteiger charge is 2.21. The Labute approximate surface area is 188 Å². The molecule has 1 aromatic carbocycles. The summed E-state index contributed by atoms with van der Waals surface area (Å²) in [6.45, 7) is 1.97. The third-order valence-corrected chi connectivity index (χ3v) is 6.15. The SMILES string of the molecule is COc1ccc(Nc2nc(NC3CCCCCC3)nc(OC3CCN(C)CC3)n2)cc1F. The van der Waals surface area contributed by atoms with Gasteiger partial charge in [0.25, 0.3) is 0 Å². The first-order chi connectivity index (χ1) is 15.6. The Morgan fingerprint density at radius 2 is 1.69 bits per heavy atom. The van der Waals surface area contributed by atoms with E-state index in [4.69, 9.17) is 9.47 Å². The van der Waals surface area contributed by atoms with Crippen molar-refractivity contribution in [1.82, 2.24) is 19.9 Å². The van der Waals surface area contributed by atoms with Crippen LogP contribution in [0.3, 0.4) is 0 Å². The van der Waals surface area contributed by atoms with Crippen molar-refractivity contribution in [2.24, 2.45) is 0 Å². The summed E-state index contributed by atoms with van der Waals surface area (Å²) in [6.07, 6.45) is 9.10. The lowest BCUT2D eigenvalue weighted by atomic mass is 10.1. The number of hydrogen-bond donors (Lipinski definition) is 2. The lowest BCUT2D eigenvalue weighted by Gasteiger charge is -2.28. The molecule has 32 heavy (non-hydrogen) atoms. The van der Waals surface area contributed by atoms with Crippen LogP contribution in [0.25, 0.3) is 0 Å². The molecule has 0 atom stereocenters. The number of ether oxygens (including phenoxy) is 2. The van der Waals surface area contributed by atoms with Crippen molar-refractivity contribution in [3.8, 4) is 11.8 Å². The van der Waals surface area contributed by atoms with Gasteiger partial charge < -0.3 is 25.0 Å². The van der Waals surface area contributed by atoms with Crippen molar-refractivity contribution in [3.63, 3.8) is 0 Å². The van der Waals surface area contributed by atoms with E-state index in [9.17, 15) is 4.39 Å². The average Bonchev–Trinajstić information content (AvgIpc) is 3.04. The van der Waals surface area contributed by atoms with Crippen LogP contribution in [0.2, 0.25) is 0 Å². The van der Waals surface area contributed by atoms with Crippen LogP contribution in [0, 0.1) is 5.82 Å². The first-order valence-corrected chi connectivity index (χ1v) is 11.6. The number of nitrogens with zero attached hydrogens (tertiary/aromatic N) is 4. The molecule has 2 fully saturated rings. The smallest absolute Gasteiger partial charge is 0.323 e. The van der Waals surface area contributed by atoms with Gasteiger partial charge in [-0.2, -0.15) is 15.0 Å². The zero-order valence-electron chi connectivity index (χ0n) is 18.9. The van der Waals surface area contributed by atoms with Crippen molar-refractivity contribution in [2.45, 2.75) is 63.5 Å². The minimum absolute atomic E-state index is 0.0746. The molecule has 1 aliphatic heterocycles. The fourth-order valence-electron chi connectivity index (χ4n) is 4.26. The Kier molecular flexibility index (Phi) is 7.57. The van der Waals surface area contributed by atoms with Gasteiger partial charge in [-0.05, 0) is 44.9 Å². The van der Waals surface area contributed by atoms with Crippen molar-refractivity contribution < 1.29 is 13.9 Å². The molecule has 8 nitrogen and oxygen atoms in total. The molecule has 2 aliphatic rings. The Morgan fingerprint density at radius 1 is 0.969 bits per heavy atom. The third-order valence-electron chi connectivity index (χ3n) is 6.15. The summed E-state index contributed by atoms with van der Waals surface area (Å²) >= 11 is 0. The maximum absolute atomic E-state index is 14.1.